The van der Waals surface area contributed by atoms with Gasteiger partial charge in [-0.15, -0.1) is 0 Å². The Morgan fingerprint density at radius 3 is 2.75 bits per heavy atom. The fourth-order valence-electron chi connectivity index (χ4n) is 2.30. The Morgan fingerprint density at radius 2 is 2.15 bits per heavy atom. The van der Waals surface area contributed by atoms with Crippen LogP contribution in [0.25, 0.3) is 0 Å². The van der Waals surface area contributed by atoms with Gasteiger partial charge in [0.15, 0.2) is 0 Å². The van der Waals surface area contributed by atoms with Crippen LogP contribution in [0.5, 0.6) is 0 Å². The number of halogens is 2. The molecule has 0 aliphatic carbocycles. The molecule has 20 heavy (non-hydrogen) atoms. The summed E-state index contributed by atoms with van der Waals surface area (Å²) in [5, 5.41) is 3.65. The summed E-state index contributed by atoms with van der Waals surface area (Å²) in [5.41, 5.74) is 1.73. The monoisotopic (exact) mass is 301 g/mol. The molecule has 1 atom stereocenters. The quantitative estimate of drug-likeness (QED) is 0.903. The molecular formula is C16H25ClFNO. The van der Waals surface area contributed by atoms with Crippen LogP contribution in [0.3, 0.4) is 0 Å². The summed E-state index contributed by atoms with van der Waals surface area (Å²) < 4.78 is 18.8. The van der Waals surface area contributed by atoms with Crippen molar-refractivity contribution < 1.29 is 9.13 Å². The lowest BCUT2D eigenvalue weighted by Gasteiger charge is -2.23. The van der Waals surface area contributed by atoms with Crippen LogP contribution in [0.1, 0.15) is 37.8 Å². The van der Waals surface area contributed by atoms with E-state index in [1.54, 1.807) is 13.0 Å². The predicted molar refractivity (Wildman–Crippen MR) is 83.0 cm³/mol. The van der Waals surface area contributed by atoms with E-state index >= 15 is 0 Å². The van der Waals surface area contributed by atoms with Crippen molar-refractivity contribution in [3.8, 4) is 0 Å². The summed E-state index contributed by atoms with van der Waals surface area (Å²) >= 11 is 5.84. The summed E-state index contributed by atoms with van der Waals surface area (Å²) in [5.74, 6) is -0.303. The van der Waals surface area contributed by atoms with Crippen molar-refractivity contribution in [2.45, 2.75) is 46.1 Å². The number of morpholine rings is 1. The highest BCUT2D eigenvalue weighted by Crippen LogP contribution is 2.21. The van der Waals surface area contributed by atoms with E-state index in [9.17, 15) is 4.39 Å². The summed E-state index contributed by atoms with van der Waals surface area (Å²) in [7, 11) is 0. The minimum atomic E-state index is -0.303. The number of rotatable bonds is 4. The molecule has 1 N–H and O–H groups in total. The molecule has 114 valence electrons. The van der Waals surface area contributed by atoms with Crippen molar-refractivity contribution in [2.75, 3.05) is 19.8 Å². The van der Waals surface area contributed by atoms with Crippen LogP contribution in [0, 0.1) is 12.7 Å². The van der Waals surface area contributed by atoms with Gasteiger partial charge in [0, 0.05) is 12.6 Å². The number of hydrogen-bond donors (Lipinski definition) is 1. The summed E-state index contributed by atoms with van der Waals surface area (Å²) in [6.45, 7) is 8.29. The van der Waals surface area contributed by atoms with E-state index in [0.717, 1.165) is 44.6 Å². The lowest BCUT2D eigenvalue weighted by molar-refractivity contribution is 0.0736. The number of nitrogens with one attached hydrogen (secondary N) is 1. The molecule has 1 aliphatic heterocycles. The van der Waals surface area contributed by atoms with Gasteiger partial charge in [-0.25, -0.2) is 4.39 Å². The third kappa shape index (κ3) is 5.39. The summed E-state index contributed by atoms with van der Waals surface area (Å²) in [6.07, 6.45) is 3.06. The molecule has 1 aromatic rings. The summed E-state index contributed by atoms with van der Waals surface area (Å²) in [4.78, 5) is 0. The van der Waals surface area contributed by atoms with Gasteiger partial charge in [-0.1, -0.05) is 31.5 Å². The number of ether oxygens (including phenoxy) is 1. The highest BCUT2D eigenvalue weighted by atomic mass is 35.5. The number of benzene rings is 1. The van der Waals surface area contributed by atoms with Gasteiger partial charge in [0.25, 0.3) is 0 Å². The normalized spacial score (nSPS) is 18.4. The van der Waals surface area contributed by atoms with Gasteiger partial charge in [0.1, 0.15) is 5.82 Å². The van der Waals surface area contributed by atoms with E-state index in [1.807, 2.05) is 19.9 Å². The Hall–Kier alpha value is -0.640. The van der Waals surface area contributed by atoms with Gasteiger partial charge in [0.2, 0.25) is 0 Å². The van der Waals surface area contributed by atoms with Crippen LogP contribution in [-0.4, -0.2) is 25.8 Å². The van der Waals surface area contributed by atoms with Crippen LogP contribution in [0.4, 0.5) is 4.39 Å². The Kier molecular flexibility index (Phi) is 8.12. The standard InChI is InChI=1S/C14H19ClFNO.C2H6/c1-10-7-11(8-13(15)14(10)16)3-2-4-12-9-18-6-5-17-12;1-2/h7-8,12,17H,2-6,9H2,1H3;1-2H3. The first-order chi connectivity index (χ1) is 9.66. The van der Waals surface area contributed by atoms with Crippen molar-refractivity contribution in [1.82, 2.24) is 5.32 Å². The first-order valence-corrected chi connectivity index (χ1v) is 7.80. The first kappa shape index (κ1) is 17.4. The van der Waals surface area contributed by atoms with Crippen LogP contribution in [-0.2, 0) is 11.2 Å². The minimum Gasteiger partial charge on any atom is -0.379 e. The second kappa shape index (κ2) is 9.32. The summed E-state index contributed by atoms with van der Waals surface area (Å²) in [6, 6.07) is 4.07. The zero-order valence-electron chi connectivity index (χ0n) is 12.6. The predicted octanol–water partition coefficient (Wildman–Crippen LogP) is 4.12. The minimum absolute atomic E-state index is 0.226. The Bertz CT molecular complexity index is 382. The second-order valence-corrected chi connectivity index (χ2v) is 5.23. The van der Waals surface area contributed by atoms with Crippen molar-refractivity contribution in [1.29, 1.82) is 0 Å². The highest BCUT2D eigenvalue weighted by Gasteiger charge is 2.12. The van der Waals surface area contributed by atoms with Crippen molar-refractivity contribution in [3.63, 3.8) is 0 Å². The lowest BCUT2D eigenvalue weighted by atomic mass is 10.0. The van der Waals surface area contributed by atoms with Crippen LogP contribution in [0.2, 0.25) is 5.02 Å². The molecule has 1 aromatic carbocycles. The van der Waals surface area contributed by atoms with Gasteiger partial charge in [-0.3, -0.25) is 0 Å². The Morgan fingerprint density at radius 1 is 1.40 bits per heavy atom. The second-order valence-electron chi connectivity index (χ2n) is 4.83. The van der Waals surface area contributed by atoms with Gasteiger partial charge in [-0.2, -0.15) is 0 Å². The fourth-order valence-corrected chi connectivity index (χ4v) is 2.59. The van der Waals surface area contributed by atoms with Gasteiger partial charge in [-0.05, 0) is 43.4 Å². The van der Waals surface area contributed by atoms with E-state index in [4.69, 9.17) is 16.3 Å². The topological polar surface area (TPSA) is 21.3 Å². The molecule has 0 saturated carbocycles. The molecule has 1 fully saturated rings. The molecule has 1 unspecified atom stereocenters. The van der Waals surface area contributed by atoms with Crippen LogP contribution in [0.15, 0.2) is 12.1 Å². The SMILES string of the molecule is CC.Cc1cc(CCCC2COCCN2)cc(Cl)c1F. The molecule has 1 aliphatic rings. The van der Waals surface area contributed by atoms with Crippen LogP contribution < -0.4 is 5.32 Å². The molecule has 2 nitrogen and oxygen atoms in total. The maximum Gasteiger partial charge on any atom is 0.144 e. The van der Waals surface area contributed by atoms with Crippen molar-refractivity contribution >= 4 is 11.6 Å². The number of aryl methyl sites for hydroxylation is 2. The fraction of sp³-hybridized carbons (Fsp3) is 0.625. The van der Waals surface area contributed by atoms with Crippen LogP contribution >= 0.6 is 11.6 Å². The molecule has 0 radical (unpaired) electrons. The molecule has 0 amide bonds. The largest absolute Gasteiger partial charge is 0.379 e. The van der Waals surface area contributed by atoms with Gasteiger partial charge < -0.3 is 10.1 Å². The van der Waals surface area contributed by atoms with Gasteiger partial charge >= 0.3 is 0 Å². The molecule has 2 rings (SSSR count). The smallest absolute Gasteiger partial charge is 0.144 e. The molecular weight excluding hydrogens is 277 g/mol. The van der Waals surface area contributed by atoms with Crippen molar-refractivity contribution in [3.05, 3.63) is 34.1 Å². The molecule has 0 bridgehead atoms. The molecule has 0 aromatic heterocycles. The maximum absolute atomic E-state index is 13.4. The van der Waals surface area contributed by atoms with E-state index in [2.05, 4.69) is 5.32 Å². The van der Waals surface area contributed by atoms with Gasteiger partial charge in [0.05, 0.1) is 18.2 Å². The average Bonchev–Trinajstić information content (AvgIpc) is 2.48. The average molecular weight is 302 g/mol. The van der Waals surface area contributed by atoms with E-state index in [1.165, 1.54) is 0 Å². The van der Waals surface area contributed by atoms with Crippen molar-refractivity contribution in [2.24, 2.45) is 0 Å². The first-order valence-electron chi connectivity index (χ1n) is 7.42. The number of hydrogen-bond acceptors (Lipinski definition) is 2. The highest BCUT2D eigenvalue weighted by molar-refractivity contribution is 6.30. The molecule has 0 spiro atoms. The molecule has 4 heteroatoms. The third-order valence-electron chi connectivity index (χ3n) is 3.29. The Balaban J connectivity index is 0.000000956. The zero-order chi connectivity index (χ0) is 15.0. The maximum atomic E-state index is 13.4. The molecule has 1 heterocycles. The third-order valence-corrected chi connectivity index (χ3v) is 3.56. The van der Waals surface area contributed by atoms with E-state index in [-0.39, 0.29) is 10.8 Å². The molecule has 1 saturated heterocycles. The zero-order valence-corrected chi connectivity index (χ0v) is 13.4. The Labute approximate surface area is 126 Å². The van der Waals surface area contributed by atoms with E-state index < -0.39 is 0 Å². The lowest BCUT2D eigenvalue weighted by Crippen LogP contribution is -2.41. The van der Waals surface area contributed by atoms with E-state index in [0.29, 0.717) is 11.6 Å².